The molecule has 1 aliphatic carbocycles. The van der Waals surface area contributed by atoms with Crippen LogP contribution in [0.1, 0.15) is 19.3 Å². The fourth-order valence-corrected chi connectivity index (χ4v) is 3.90. The molecule has 104 valence electrons. The number of amides is 1. The second kappa shape index (κ2) is 4.67. The number of benzene rings is 1. The third-order valence-corrected chi connectivity index (χ3v) is 5.23. The highest BCUT2D eigenvalue weighted by atomic mass is 35.5. The molecule has 1 N–H and O–H groups in total. The standard InChI is InChI=1S/C14H14ClN3OS/c15-8-1-4-10-11(7-8)17-14(16-10)20-12-5-6-18(13(12)19)9-2-3-9/h1,4,7,9,12H,2-3,5-6H2,(H,16,17)/t12-/m0/s1. The van der Waals surface area contributed by atoms with Crippen LogP contribution in [0.15, 0.2) is 23.4 Å². The molecule has 0 spiro atoms. The fraction of sp³-hybridized carbons (Fsp3) is 0.429. The van der Waals surface area contributed by atoms with Crippen LogP contribution in [0.3, 0.4) is 0 Å². The van der Waals surface area contributed by atoms with Gasteiger partial charge in [-0.1, -0.05) is 23.4 Å². The van der Waals surface area contributed by atoms with Crippen molar-refractivity contribution in [2.45, 2.75) is 35.7 Å². The zero-order valence-corrected chi connectivity index (χ0v) is 12.4. The molecule has 1 saturated carbocycles. The summed E-state index contributed by atoms with van der Waals surface area (Å²) in [7, 11) is 0. The lowest BCUT2D eigenvalue weighted by atomic mass is 10.3. The molecule has 1 saturated heterocycles. The highest BCUT2D eigenvalue weighted by Crippen LogP contribution is 2.36. The Morgan fingerprint density at radius 3 is 3.00 bits per heavy atom. The predicted molar refractivity (Wildman–Crippen MR) is 80.1 cm³/mol. The maximum Gasteiger partial charge on any atom is 0.236 e. The van der Waals surface area contributed by atoms with E-state index in [0.717, 1.165) is 29.2 Å². The summed E-state index contributed by atoms with van der Waals surface area (Å²) >= 11 is 7.51. The molecule has 0 bridgehead atoms. The van der Waals surface area contributed by atoms with Crippen LogP contribution in [-0.4, -0.2) is 38.6 Å². The van der Waals surface area contributed by atoms with Crippen molar-refractivity contribution >= 4 is 40.3 Å². The minimum Gasteiger partial charge on any atom is -0.339 e. The number of H-pyrrole nitrogens is 1. The van der Waals surface area contributed by atoms with E-state index in [2.05, 4.69) is 9.97 Å². The Hall–Kier alpha value is -1.20. The number of likely N-dealkylation sites (tertiary alicyclic amines) is 1. The van der Waals surface area contributed by atoms with E-state index in [1.54, 1.807) is 0 Å². The predicted octanol–water partition coefficient (Wildman–Crippen LogP) is 3.07. The summed E-state index contributed by atoms with van der Waals surface area (Å²) in [6.45, 7) is 0.896. The first kappa shape index (κ1) is 12.5. The lowest BCUT2D eigenvalue weighted by Crippen LogP contribution is -2.30. The van der Waals surface area contributed by atoms with Gasteiger partial charge in [0.25, 0.3) is 0 Å². The topological polar surface area (TPSA) is 49.0 Å². The van der Waals surface area contributed by atoms with Crippen LogP contribution < -0.4 is 0 Å². The average Bonchev–Trinajstić information content (AvgIpc) is 3.09. The number of imidazole rings is 1. The Bertz CT molecular complexity index is 682. The first-order chi connectivity index (χ1) is 9.70. The highest BCUT2D eigenvalue weighted by Gasteiger charge is 2.41. The number of nitrogens with one attached hydrogen (secondary N) is 1. The summed E-state index contributed by atoms with van der Waals surface area (Å²) in [5.74, 6) is 0.274. The van der Waals surface area contributed by atoms with Gasteiger partial charge in [-0.15, -0.1) is 0 Å². The molecule has 2 fully saturated rings. The zero-order valence-electron chi connectivity index (χ0n) is 10.8. The number of thioether (sulfide) groups is 1. The highest BCUT2D eigenvalue weighted by molar-refractivity contribution is 8.00. The summed E-state index contributed by atoms with van der Waals surface area (Å²) in [6.07, 6.45) is 3.26. The molecule has 1 aromatic heterocycles. The Kier molecular flexibility index (Phi) is 2.93. The first-order valence-corrected chi connectivity index (χ1v) is 8.09. The van der Waals surface area contributed by atoms with E-state index >= 15 is 0 Å². The molecule has 4 nitrogen and oxygen atoms in total. The van der Waals surface area contributed by atoms with E-state index in [-0.39, 0.29) is 11.2 Å². The Morgan fingerprint density at radius 1 is 1.35 bits per heavy atom. The molecular formula is C14H14ClN3OS. The minimum absolute atomic E-state index is 0.00614. The number of hydrogen-bond acceptors (Lipinski definition) is 3. The molecule has 4 rings (SSSR count). The van der Waals surface area contributed by atoms with Gasteiger partial charge in [-0.3, -0.25) is 4.79 Å². The summed E-state index contributed by atoms with van der Waals surface area (Å²) in [5, 5.41) is 1.50. The van der Waals surface area contributed by atoms with E-state index in [9.17, 15) is 4.79 Å². The van der Waals surface area contributed by atoms with Gasteiger partial charge >= 0.3 is 0 Å². The SMILES string of the molecule is O=C1[C@@H](Sc2nc3ccc(Cl)cc3[nH]2)CCN1C1CC1. The van der Waals surface area contributed by atoms with Gasteiger partial charge in [0.1, 0.15) is 0 Å². The van der Waals surface area contributed by atoms with Crippen molar-refractivity contribution in [3.63, 3.8) is 0 Å². The zero-order chi connectivity index (χ0) is 13.7. The second-order valence-electron chi connectivity index (χ2n) is 5.36. The van der Waals surface area contributed by atoms with Crippen molar-refractivity contribution in [3.8, 4) is 0 Å². The number of fused-ring (bicyclic) bond motifs is 1. The number of halogens is 1. The molecule has 2 aliphatic rings. The van der Waals surface area contributed by atoms with Crippen LogP contribution in [0.25, 0.3) is 11.0 Å². The van der Waals surface area contributed by atoms with Crippen molar-refractivity contribution in [3.05, 3.63) is 23.2 Å². The molecule has 2 aromatic rings. The number of carbonyl (C=O) groups is 1. The van der Waals surface area contributed by atoms with Gasteiger partial charge < -0.3 is 9.88 Å². The van der Waals surface area contributed by atoms with Gasteiger partial charge in [-0.2, -0.15) is 0 Å². The van der Waals surface area contributed by atoms with Gasteiger partial charge in [-0.05, 0) is 37.5 Å². The molecule has 20 heavy (non-hydrogen) atoms. The average molecular weight is 308 g/mol. The Morgan fingerprint density at radius 2 is 2.20 bits per heavy atom. The molecule has 1 aromatic carbocycles. The largest absolute Gasteiger partial charge is 0.339 e. The minimum atomic E-state index is 0.00614. The van der Waals surface area contributed by atoms with Crippen molar-refractivity contribution in [2.24, 2.45) is 0 Å². The monoisotopic (exact) mass is 307 g/mol. The molecule has 0 radical (unpaired) electrons. The van der Waals surface area contributed by atoms with Crippen molar-refractivity contribution in [1.82, 2.24) is 14.9 Å². The number of nitrogens with zero attached hydrogens (tertiary/aromatic N) is 2. The number of aromatic nitrogens is 2. The van der Waals surface area contributed by atoms with Crippen LogP contribution in [0, 0.1) is 0 Å². The third-order valence-electron chi connectivity index (χ3n) is 3.85. The number of hydrogen-bond donors (Lipinski definition) is 1. The van der Waals surface area contributed by atoms with Gasteiger partial charge in [0.15, 0.2) is 5.16 Å². The molecule has 1 atom stereocenters. The van der Waals surface area contributed by atoms with Gasteiger partial charge in [-0.25, -0.2) is 4.98 Å². The maximum atomic E-state index is 12.3. The third kappa shape index (κ3) is 2.19. The van der Waals surface area contributed by atoms with Gasteiger partial charge in [0, 0.05) is 17.6 Å². The molecular weight excluding hydrogens is 294 g/mol. The lowest BCUT2D eigenvalue weighted by molar-refractivity contribution is -0.127. The molecule has 2 heterocycles. The maximum absolute atomic E-state index is 12.3. The molecule has 0 unspecified atom stereocenters. The van der Waals surface area contributed by atoms with Crippen molar-refractivity contribution in [2.75, 3.05) is 6.54 Å². The number of carbonyl (C=O) groups excluding carboxylic acids is 1. The van der Waals surface area contributed by atoms with Crippen molar-refractivity contribution in [1.29, 1.82) is 0 Å². The molecule has 6 heteroatoms. The molecule has 1 amide bonds. The van der Waals surface area contributed by atoms with Crippen LogP contribution in [-0.2, 0) is 4.79 Å². The Labute approximate surface area is 125 Å². The first-order valence-electron chi connectivity index (χ1n) is 6.83. The van der Waals surface area contributed by atoms with E-state index in [4.69, 9.17) is 11.6 Å². The Balaban J connectivity index is 1.54. The lowest BCUT2D eigenvalue weighted by Gasteiger charge is -2.14. The quantitative estimate of drug-likeness (QED) is 0.948. The number of aromatic amines is 1. The fourth-order valence-electron chi connectivity index (χ4n) is 2.68. The summed E-state index contributed by atoms with van der Waals surface area (Å²) in [4.78, 5) is 22.1. The number of rotatable bonds is 3. The summed E-state index contributed by atoms with van der Waals surface area (Å²) in [5.41, 5.74) is 1.81. The molecule has 1 aliphatic heterocycles. The van der Waals surface area contributed by atoms with Crippen LogP contribution in [0.5, 0.6) is 0 Å². The second-order valence-corrected chi connectivity index (χ2v) is 6.99. The summed E-state index contributed by atoms with van der Waals surface area (Å²) in [6, 6.07) is 6.10. The van der Waals surface area contributed by atoms with Crippen molar-refractivity contribution < 1.29 is 4.79 Å². The van der Waals surface area contributed by atoms with E-state index in [1.807, 2.05) is 23.1 Å². The van der Waals surface area contributed by atoms with Crippen LogP contribution in [0.2, 0.25) is 5.02 Å². The summed E-state index contributed by atoms with van der Waals surface area (Å²) < 4.78 is 0. The van der Waals surface area contributed by atoms with Gasteiger partial charge in [0.2, 0.25) is 5.91 Å². The van der Waals surface area contributed by atoms with E-state index in [1.165, 1.54) is 24.6 Å². The van der Waals surface area contributed by atoms with Gasteiger partial charge in [0.05, 0.1) is 16.3 Å². The van der Waals surface area contributed by atoms with E-state index in [0.29, 0.717) is 11.1 Å². The van der Waals surface area contributed by atoms with Crippen LogP contribution in [0.4, 0.5) is 0 Å². The smallest absolute Gasteiger partial charge is 0.236 e. The van der Waals surface area contributed by atoms with Crippen LogP contribution >= 0.6 is 23.4 Å². The van der Waals surface area contributed by atoms with E-state index < -0.39 is 0 Å². The normalized spacial score (nSPS) is 22.9.